The number of likely N-dealkylation sites (N-methyl/N-ethyl adjacent to an activating group) is 1. The normalized spacial score (nSPS) is 23.8. The molecule has 1 N–H and O–H groups in total. The Hall–Kier alpha value is -0.450. The molecule has 4 heteroatoms. The molecule has 1 aromatic rings. The van der Waals surface area contributed by atoms with E-state index in [0.29, 0.717) is 11.3 Å². The zero-order valence-corrected chi connectivity index (χ0v) is 11.9. The van der Waals surface area contributed by atoms with Crippen molar-refractivity contribution in [3.05, 3.63) is 16.1 Å². The van der Waals surface area contributed by atoms with Gasteiger partial charge in [-0.1, -0.05) is 6.42 Å². The SMILES string of the molecule is CNCC1(c2nc(C3CCOCC3)cs2)CCC1. The van der Waals surface area contributed by atoms with Crippen LogP contribution in [0.4, 0.5) is 0 Å². The fourth-order valence-electron chi connectivity index (χ4n) is 3.12. The molecular weight excluding hydrogens is 244 g/mol. The van der Waals surface area contributed by atoms with Gasteiger partial charge in [0.25, 0.3) is 0 Å². The summed E-state index contributed by atoms with van der Waals surface area (Å²) in [4.78, 5) is 4.97. The zero-order valence-electron chi connectivity index (χ0n) is 11.1. The summed E-state index contributed by atoms with van der Waals surface area (Å²) in [6.07, 6.45) is 6.24. The van der Waals surface area contributed by atoms with Crippen LogP contribution in [0.25, 0.3) is 0 Å². The summed E-state index contributed by atoms with van der Waals surface area (Å²) in [6, 6.07) is 0. The molecule has 2 fully saturated rings. The first-order valence-corrected chi connectivity index (χ1v) is 7.90. The Morgan fingerprint density at radius 3 is 2.83 bits per heavy atom. The Labute approximate surface area is 113 Å². The van der Waals surface area contributed by atoms with Crippen molar-refractivity contribution >= 4 is 11.3 Å². The third-order valence-electron chi connectivity index (χ3n) is 4.44. The summed E-state index contributed by atoms with van der Waals surface area (Å²) in [5.74, 6) is 0.635. The Morgan fingerprint density at radius 1 is 1.44 bits per heavy atom. The van der Waals surface area contributed by atoms with Gasteiger partial charge in [0.1, 0.15) is 5.01 Å². The van der Waals surface area contributed by atoms with Gasteiger partial charge in [0.2, 0.25) is 0 Å². The quantitative estimate of drug-likeness (QED) is 0.910. The van der Waals surface area contributed by atoms with E-state index in [1.54, 1.807) is 0 Å². The molecule has 0 aromatic carbocycles. The average Bonchev–Trinajstić information content (AvgIpc) is 2.84. The highest BCUT2D eigenvalue weighted by molar-refractivity contribution is 7.09. The average molecular weight is 266 g/mol. The Bertz CT molecular complexity index is 394. The second-order valence-electron chi connectivity index (χ2n) is 5.63. The summed E-state index contributed by atoms with van der Waals surface area (Å²) in [5.41, 5.74) is 1.67. The van der Waals surface area contributed by atoms with Crippen molar-refractivity contribution in [2.45, 2.75) is 43.4 Å². The maximum absolute atomic E-state index is 5.43. The maximum Gasteiger partial charge on any atom is 0.100 e. The highest BCUT2D eigenvalue weighted by Crippen LogP contribution is 2.45. The summed E-state index contributed by atoms with van der Waals surface area (Å²) in [6.45, 7) is 2.88. The van der Waals surface area contributed by atoms with Gasteiger partial charge < -0.3 is 10.1 Å². The van der Waals surface area contributed by atoms with E-state index >= 15 is 0 Å². The number of ether oxygens (including phenoxy) is 1. The minimum absolute atomic E-state index is 0.350. The monoisotopic (exact) mass is 266 g/mol. The molecule has 0 radical (unpaired) electrons. The zero-order chi connectivity index (χ0) is 12.4. The van der Waals surface area contributed by atoms with E-state index in [1.165, 1.54) is 30.0 Å². The molecule has 0 spiro atoms. The lowest BCUT2D eigenvalue weighted by Crippen LogP contribution is -2.42. The Morgan fingerprint density at radius 2 is 2.22 bits per heavy atom. The number of hydrogen-bond acceptors (Lipinski definition) is 4. The van der Waals surface area contributed by atoms with E-state index in [4.69, 9.17) is 9.72 Å². The number of rotatable bonds is 4. The molecule has 0 atom stereocenters. The van der Waals surface area contributed by atoms with E-state index < -0.39 is 0 Å². The van der Waals surface area contributed by atoms with E-state index in [9.17, 15) is 0 Å². The molecule has 1 saturated heterocycles. The van der Waals surface area contributed by atoms with Gasteiger partial charge in [0, 0.05) is 36.5 Å². The van der Waals surface area contributed by atoms with Gasteiger partial charge >= 0.3 is 0 Å². The van der Waals surface area contributed by atoms with Crippen LogP contribution in [0.5, 0.6) is 0 Å². The van der Waals surface area contributed by atoms with E-state index in [-0.39, 0.29) is 0 Å². The smallest absolute Gasteiger partial charge is 0.100 e. The molecule has 2 heterocycles. The topological polar surface area (TPSA) is 34.2 Å². The molecule has 1 aromatic heterocycles. The molecule has 0 bridgehead atoms. The van der Waals surface area contributed by atoms with Crippen molar-refractivity contribution < 1.29 is 4.74 Å². The van der Waals surface area contributed by atoms with Gasteiger partial charge in [0.15, 0.2) is 0 Å². The Kier molecular flexibility index (Phi) is 3.68. The molecule has 3 rings (SSSR count). The second kappa shape index (κ2) is 5.27. The lowest BCUT2D eigenvalue weighted by atomic mass is 9.69. The third-order valence-corrected chi connectivity index (χ3v) is 5.55. The first kappa shape index (κ1) is 12.6. The van der Waals surface area contributed by atoms with Crippen molar-refractivity contribution in [2.75, 3.05) is 26.8 Å². The fourth-order valence-corrected chi connectivity index (χ4v) is 4.28. The van der Waals surface area contributed by atoms with Crippen LogP contribution in [-0.4, -0.2) is 31.8 Å². The van der Waals surface area contributed by atoms with E-state index in [1.807, 2.05) is 18.4 Å². The van der Waals surface area contributed by atoms with Gasteiger partial charge in [-0.3, -0.25) is 0 Å². The number of aromatic nitrogens is 1. The third kappa shape index (κ3) is 2.22. The molecule has 18 heavy (non-hydrogen) atoms. The van der Waals surface area contributed by atoms with E-state index in [2.05, 4.69) is 10.7 Å². The van der Waals surface area contributed by atoms with Gasteiger partial charge in [-0.2, -0.15) is 0 Å². The number of hydrogen-bond donors (Lipinski definition) is 1. The standard InChI is InChI=1S/C14H22N2OS/c1-15-10-14(5-2-6-14)13-16-12(9-18-13)11-3-7-17-8-4-11/h9,11,15H,2-8,10H2,1H3. The molecule has 1 saturated carbocycles. The maximum atomic E-state index is 5.43. The molecule has 3 nitrogen and oxygen atoms in total. The summed E-state index contributed by atoms with van der Waals surface area (Å²) in [7, 11) is 2.05. The van der Waals surface area contributed by atoms with Crippen LogP contribution in [-0.2, 0) is 10.2 Å². The summed E-state index contributed by atoms with van der Waals surface area (Å²) < 4.78 is 5.43. The molecule has 2 aliphatic rings. The van der Waals surface area contributed by atoms with Crippen molar-refractivity contribution in [3.8, 4) is 0 Å². The number of thiazole rings is 1. The van der Waals surface area contributed by atoms with Gasteiger partial charge in [-0.05, 0) is 32.7 Å². The second-order valence-corrected chi connectivity index (χ2v) is 6.49. The van der Waals surface area contributed by atoms with Crippen LogP contribution in [0.1, 0.15) is 48.7 Å². The highest BCUT2D eigenvalue weighted by atomic mass is 32.1. The molecular formula is C14H22N2OS. The summed E-state index contributed by atoms with van der Waals surface area (Å²) in [5, 5.41) is 7.00. The van der Waals surface area contributed by atoms with Crippen molar-refractivity contribution in [2.24, 2.45) is 0 Å². The number of nitrogens with one attached hydrogen (secondary N) is 1. The minimum Gasteiger partial charge on any atom is -0.381 e. The largest absolute Gasteiger partial charge is 0.381 e. The Balaban J connectivity index is 1.75. The van der Waals surface area contributed by atoms with Crippen LogP contribution >= 0.6 is 11.3 Å². The first-order chi connectivity index (χ1) is 8.84. The molecule has 1 aliphatic carbocycles. The lowest BCUT2D eigenvalue weighted by molar-refractivity contribution is 0.0845. The van der Waals surface area contributed by atoms with Crippen LogP contribution in [0.3, 0.4) is 0 Å². The van der Waals surface area contributed by atoms with Gasteiger partial charge in [-0.25, -0.2) is 4.98 Å². The van der Waals surface area contributed by atoms with Crippen LogP contribution in [0.2, 0.25) is 0 Å². The molecule has 0 amide bonds. The van der Waals surface area contributed by atoms with Gasteiger partial charge in [-0.15, -0.1) is 11.3 Å². The predicted octanol–water partition coefficient (Wildman–Crippen LogP) is 2.68. The first-order valence-electron chi connectivity index (χ1n) is 7.02. The molecule has 1 aliphatic heterocycles. The van der Waals surface area contributed by atoms with Crippen molar-refractivity contribution in [3.63, 3.8) is 0 Å². The van der Waals surface area contributed by atoms with E-state index in [0.717, 1.165) is 32.6 Å². The van der Waals surface area contributed by atoms with Crippen molar-refractivity contribution in [1.82, 2.24) is 10.3 Å². The predicted molar refractivity (Wildman–Crippen MR) is 74.4 cm³/mol. The number of nitrogens with zero attached hydrogens (tertiary/aromatic N) is 1. The van der Waals surface area contributed by atoms with Crippen LogP contribution in [0, 0.1) is 0 Å². The fraction of sp³-hybridized carbons (Fsp3) is 0.786. The van der Waals surface area contributed by atoms with Crippen LogP contribution < -0.4 is 5.32 Å². The van der Waals surface area contributed by atoms with Crippen LogP contribution in [0.15, 0.2) is 5.38 Å². The highest BCUT2D eigenvalue weighted by Gasteiger charge is 2.40. The molecule has 100 valence electrons. The minimum atomic E-state index is 0.350. The van der Waals surface area contributed by atoms with Gasteiger partial charge in [0.05, 0.1) is 5.69 Å². The lowest BCUT2D eigenvalue weighted by Gasteiger charge is -2.40. The van der Waals surface area contributed by atoms with Crippen molar-refractivity contribution in [1.29, 1.82) is 0 Å². The molecule has 0 unspecified atom stereocenters. The summed E-state index contributed by atoms with van der Waals surface area (Å²) >= 11 is 1.87.